The summed E-state index contributed by atoms with van der Waals surface area (Å²) in [6, 6.07) is -0.0437. The van der Waals surface area contributed by atoms with Crippen LogP contribution in [0.1, 0.15) is 40.5 Å². The van der Waals surface area contributed by atoms with Gasteiger partial charge >= 0.3 is 6.03 Å². The summed E-state index contributed by atoms with van der Waals surface area (Å²) < 4.78 is 0. The number of nitrogens with zero attached hydrogens (tertiary/aromatic N) is 1. The van der Waals surface area contributed by atoms with Crippen LogP contribution in [0.3, 0.4) is 0 Å². The van der Waals surface area contributed by atoms with Gasteiger partial charge < -0.3 is 15.3 Å². The molecule has 0 rings (SSSR count). The normalized spacial score (nSPS) is 14.5. The topological polar surface area (TPSA) is 52.6 Å². The van der Waals surface area contributed by atoms with Crippen LogP contribution in [-0.4, -0.2) is 41.3 Å². The van der Waals surface area contributed by atoms with Crippen molar-refractivity contribution in [3.8, 4) is 0 Å². The highest BCUT2D eigenvalue weighted by Gasteiger charge is 2.25. The van der Waals surface area contributed by atoms with Gasteiger partial charge in [0.05, 0.1) is 0 Å². The minimum atomic E-state index is -0.297. The summed E-state index contributed by atoms with van der Waals surface area (Å²) in [4.78, 5) is 13.5. The molecule has 0 aliphatic heterocycles. The number of nitrogens with one attached hydrogen (secondary N) is 1. The fourth-order valence-electron chi connectivity index (χ4n) is 1.42. The minimum Gasteiger partial charge on any atom is -0.396 e. The van der Waals surface area contributed by atoms with Gasteiger partial charge in [0, 0.05) is 25.2 Å². The highest BCUT2D eigenvalue weighted by Crippen LogP contribution is 2.14. The molecule has 0 spiro atoms. The van der Waals surface area contributed by atoms with Gasteiger partial charge in [-0.05, 0) is 33.6 Å². The largest absolute Gasteiger partial charge is 0.396 e. The highest BCUT2D eigenvalue weighted by molar-refractivity contribution is 5.74. The SMILES string of the molecule is CCN(CC)C(=O)NC(C)(CC)CCO. The molecule has 2 amide bonds. The fourth-order valence-corrected chi connectivity index (χ4v) is 1.42. The second kappa shape index (κ2) is 6.67. The van der Waals surface area contributed by atoms with Gasteiger partial charge in [0.15, 0.2) is 0 Å². The molecule has 0 saturated carbocycles. The molecule has 0 bridgehead atoms. The second-order valence-electron chi connectivity index (χ2n) is 3.99. The van der Waals surface area contributed by atoms with Crippen molar-refractivity contribution >= 4 is 6.03 Å². The fraction of sp³-hybridized carbons (Fsp3) is 0.909. The third-order valence-electron chi connectivity index (χ3n) is 2.90. The Morgan fingerprint density at radius 3 is 2.20 bits per heavy atom. The van der Waals surface area contributed by atoms with Crippen LogP contribution >= 0.6 is 0 Å². The number of carbonyl (C=O) groups excluding carboxylic acids is 1. The van der Waals surface area contributed by atoms with Crippen LogP contribution in [-0.2, 0) is 0 Å². The van der Waals surface area contributed by atoms with Gasteiger partial charge in [-0.3, -0.25) is 0 Å². The van der Waals surface area contributed by atoms with E-state index >= 15 is 0 Å². The molecule has 2 N–H and O–H groups in total. The maximum Gasteiger partial charge on any atom is 0.317 e. The third kappa shape index (κ3) is 4.51. The number of aliphatic hydroxyl groups excluding tert-OH is 1. The molecule has 0 fully saturated rings. The van der Waals surface area contributed by atoms with E-state index in [4.69, 9.17) is 5.11 Å². The van der Waals surface area contributed by atoms with E-state index in [0.29, 0.717) is 19.5 Å². The molecule has 0 aromatic heterocycles. The molecule has 1 atom stereocenters. The summed E-state index contributed by atoms with van der Waals surface area (Å²) in [5.74, 6) is 0. The lowest BCUT2D eigenvalue weighted by Gasteiger charge is -2.32. The third-order valence-corrected chi connectivity index (χ3v) is 2.90. The Kier molecular flexibility index (Phi) is 6.32. The van der Waals surface area contributed by atoms with Crippen LogP contribution in [0.2, 0.25) is 0 Å². The van der Waals surface area contributed by atoms with Crippen LogP contribution in [0.25, 0.3) is 0 Å². The van der Waals surface area contributed by atoms with E-state index in [0.717, 1.165) is 6.42 Å². The maximum absolute atomic E-state index is 11.8. The van der Waals surface area contributed by atoms with Crippen LogP contribution < -0.4 is 5.32 Å². The Morgan fingerprint density at radius 2 is 1.87 bits per heavy atom. The number of aliphatic hydroxyl groups is 1. The van der Waals surface area contributed by atoms with Crippen molar-refractivity contribution in [3.05, 3.63) is 0 Å². The molecule has 0 aliphatic carbocycles. The van der Waals surface area contributed by atoms with Crippen molar-refractivity contribution in [3.63, 3.8) is 0 Å². The highest BCUT2D eigenvalue weighted by atomic mass is 16.3. The average Bonchev–Trinajstić information content (AvgIpc) is 2.20. The summed E-state index contributed by atoms with van der Waals surface area (Å²) in [7, 11) is 0. The molecule has 0 aromatic carbocycles. The Labute approximate surface area is 92.7 Å². The first-order valence-electron chi connectivity index (χ1n) is 5.70. The lowest BCUT2D eigenvalue weighted by molar-refractivity contribution is 0.174. The van der Waals surface area contributed by atoms with Crippen LogP contribution in [0, 0.1) is 0 Å². The minimum absolute atomic E-state index is 0.0437. The molecule has 1 unspecified atom stereocenters. The standard InChI is InChI=1S/C11H24N2O2/c1-5-11(4,8-9-14)12-10(15)13(6-2)7-3/h14H,5-9H2,1-4H3,(H,12,15). The first-order chi connectivity index (χ1) is 7.02. The number of amides is 2. The zero-order valence-electron chi connectivity index (χ0n) is 10.3. The predicted molar refractivity (Wildman–Crippen MR) is 61.9 cm³/mol. The molecule has 15 heavy (non-hydrogen) atoms. The Morgan fingerprint density at radius 1 is 1.33 bits per heavy atom. The first kappa shape index (κ1) is 14.2. The maximum atomic E-state index is 11.8. The Balaban J connectivity index is 4.34. The molecule has 0 radical (unpaired) electrons. The molecule has 0 heterocycles. The van der Waals surface area contributed by atoms with Gasteiger partial charge in [-0.2, -0.15) is 0 Å². The molecule has 0 saturated heterocycles. The van der Waals surface area contributed by atoms with E-state index in [2.05, 4.69) is 5.32 Å². The van der Waals surface area contributed by atoms with Gasteiger partial charge in [0.2, 0.25) is 0 Å². The van der Waals surface area contributed by atoms with Crippen molar-refractivity contribution in [2.75, 3.05) is 19.7 Å². The van der Waals surface area contributed by atoms with Crippen LogP contribution in [0.5, 0.6) is 0 Å². The molecule has 90 valence electrons. The Bertz CT molecular complexity index is 193. The number of carbonyl (C=O) groups is 1. The summed E-state index contributed by atoms with van der Waals surface area (Å²) >= 11 is 0. The zero-order valence-corrected chi connectivity index (χ0v) is 10.3. The molecule has 0 aliphatic rings. The van der Waals surface area contributed by atoms with Gasteiger partial charge in [0.1, 0.15) is 0 Å². The number of urea groups is 1. The molecule has 4 nitrogen and oxygen atoms in total. The second-order valence-corrected chi connectivity index (χ2v) is 3.99. The zero-order chi connectivity index (χ0) is 11.9. The van der Waals surface area contributed by atoms with Crippen LogP contribution in [0.15, 0.2) is 0 Å². The van der Waals surface area contributed by atoms with Crippen molar-refractivity contribution in [2.24, 2.45) is 0 Å². The van der Waals surface area contributed by atoms with Gasteiger partial charge in [-0.15, -0.1) is 0 Å². The van der Waals surface area contributed by atoms with Crippen molar-refractivity contribution in [1.82, 2.24) is 10.2 Å². The lowest BCUT2D eigenvalue weighted by atomic mass is 9.95. The van der Waals surface area contributed by atoms with E-state index < -0.39 is 0 Å². The van der Waals surface area contributed by atoms with Gasteiger partial charge in [-0.1, -0.05) is 6.92 Å². The van der Waals surface area contributed by atoms with E-state index in [9.17, 15) is 4.79 Å². The van der Waals surface area contributed by atoms with E-state index in [1.807, 2.05) is 27.7 Å². The van der Waals surface area contributed by atoms with Crippen molar-refractivity contribution < 1.29 is 9.90 Å². The lowest BCUT2D eigenvalue weighted by Crippen LogP contribution is -2.51. The number of rotatable bonds is 6. The van der Waals surface area contributed by atoms with E-state index in [-0.39, 0.29) is 18.2 Å². The first-order valence-corrected chi connectivity index (χ1v) is 5.70. The molecule has 0 aromatic rings. The average molecular weight is 216 g/mol. The quantitative estimate of drug-likeness (QED) is 0.708. The monoisotopic (exact) mass is 216 g/mol. The summed E-state index contributed by atoms with van der Waals surface area (Å²) in [5.41, 5.74) is -0.297. The van der Waals surface area contributed by atoms with Crippen molar-refractivity contribution in [2.45, 2.75) is 46.1 Å². The van der Waals surface area contributed by atoms with E-state index in [1.54, 1.807) is 4.90 Å². The van der Waals surface area contributed by atoms with Crippen LogP contribution in [0.4, 0.5) is 4.79 Å². The molecular formula is C11H24N2O2. The summed E-state index contributed by atoms with van der Waals surface area (Å²) in [6.07, 6.45) is 1.41. The number of hydrogen-bond acceptors (Lipinski definition) is 2. The van der Waals surface area contributed by atoms with Gasteiger partial charge in [0.25, 0.3) is 0 Å². The molecular weight excluding hydrogens is 192 g/mol. The van der Waals surface area contributed by atoms with Gasteiger partial charge in [-0.25, -0.2) is 4.79 Å². The number of hydrogen-bond donors (Lipinski definition) is 2. The molecule has 4 heteroatoms. The summed E-state index contributed by atoms with van der Waals surface area (Å²) in [6.45, 7) is 9.41. The summed E-state index contributed by atoms with van der Waals surface area (Å²) in [5, 5.41) is 11.9. The smallest absolute Gasteiger partial charge is 0.317 e. The van der Waals surface area contributed by atoms with E-state index in [1.165, 1.54) is 0 Å². The Hall–Kier alpha value is -0.770. The predicted octanol–water partition coefficient (Wildman–Crippen LogP) is 1.59. The van der Waals surface area contributed by atoms with Crippen molar-refractivity contribution in [1.29, 1.82) is 0 Å².